The summed E-state index contributed by atoms with van der Waals surface area (Å²) in [7, 11) is 0. The Labute approximate surface area is 231 Å². The van der Waals surface area contributed by atoms with Crippen molar-refractivity contribution in [3.05, 3.63) is 35.6 Å². The molecule has 11 heteroatoms. The lowest BCUT2D eigenvalue weighted by Gasteiger charge is -2.59. The lowest BCUT2D eigenvalue weighted by atomic mass is 9.51. The van der Waals surface area contributed by atoms with E-state index in [4.69, 9.17) is 33.2 Å². The van der Waals surface area contributed by atoms with Crippen LogP contribution in [0.1, 0.15) is 46.5 Å². The molecule has 40 heavy (non-hydrogen) atoms. The summed E-state index contributed by atoms with van der Waals surface area (Å²) in [4.78, 5) is 38.6. The highest BCUT2D eigenvalue weighted by Gasteiger charge is 2.83. The number of carbonyl (C=O) groups is 3. The number of aliphatic hydroxyl groups is 1. The zero-order chi connectivity index (χ0) is 28.1. The van der Waals surface area contributed by atoms with Crippen LogP contribution in [0.2, 0.25) is 0 Å². The molecule has 4 bridgehead atoms. The maximum atomic E-state index is 13.5. The maximum absolute atomic E-state index is 13.5. The Morgan fingerprint density at radius 3 is 2.73 bits per heavy atom. The molecule has 5 aliphatic heterocycles. The van der Waals surface area contributed by atoms with Crippen LogP contribution >= 0.6 is 0 Å². The molecule has 0 aromatic rings. The summed E-state index contributed by atoms with van der Waals surface area (Å²) in [6.45, 7) is 5.83. The van der Waals surface area contributed by atoms with Crippen molar-refractivity contribution in [1.82, 2.24) is 0 Å². The SMILES string of the molecule is CC(=O)OC1CC23COC(=O)C4OC45CCO/C(=C\C/C=C\C(=O)OC4C[C@@H](OC2C=C1C)C1(CO1)[C@]43C)C5O. The average molecular weight is 559 g/mol. The van der Waals surface area contributed by atoms with Crippen molar-refractivity contribution in [3.63, 3.8) is 0 Å². The number of aliphatic hydroxyl groups excluding tert-OH is 1. The summed E-state index contributed by atoms with van der Waals surface area (Å²) in [5.74, 6) is -1.25. The summed E-state index contributed by atoms with van der Waals surface area (Å²) in [6.07, 6.45) is 3.84. The molecule has 8 unspecified atom stereocenters. The second-order valence-electron chi connectivity index (χ2n) is 12.3. The van der Waals surface area contributed by atoms with Gasteiger partial charge in [0, 0.05) is 32.3 Å². The molecule has 4 saturated heterocycles. The number of ether oxygens (including phenoxy) is 7. The molecule has 2 aliphatic carbocycles. The van der Waals surface area contributed by atoms with Crippen LogP contribution in [0.4, 0.5) is 0 Å². The summed E-state index contributed by atoms with van der Waals surface area (Å²) < 4.78 is 42.1. The van der Waals surface area contributed by atoms with E-state index >= 15 is 0 Å². The first-order valence-electron chi connectivity index (χ1n) is 13.9. The smallest absolute Gasteiger partial charge is 0.338 e. The van der Waals surface area contributed by atoms with Gasteiger partial charge in [-0.15, -0.1) is 0 Å². The van der Waals surface area contributed by atoms with Crippen molar-refractivity contribution in [3.8, 4) is 0 Å². The molecule has 5 heterocycles. The summed E-state index contributed by atoms with van der Waals surface area (Å²) in [6, 6.07) is 0. The lowest BCUT2D eigenvalue weighted by molar-refractivity contribution is -0.240. The third-order valence-electron chi connectivity index (χ3n) is 10.5. The molecule has 3 spiro atoms. The van der Waals surface area contributed by atoms with Crippen LogP contribution in [0.3, 0.4) is 0 Å². The largest absolute Gasteiger partial charge is 0.495 e. The normalized spacial score (nSPS) is 51.0. The zero-order valence-electron chi connectivity index (χ0n) is 22.8. The van der Waals surface area contributed by atoms with Crippen molar-refractivity contribution in [1.29, 1.82) is 0 Å². The molecule has 0 radical (unpaired) electrons. The van der Waals surface area contributed by atoms with Gasteiger partial charge in [-0.2, -0.15) is 0 Å². The van der Waals surface area contributed by atoms with Crippen molar-refractivity contribution < 1.29 is 52.6 Å². The number of hydrogen-bond donors (Lipinski definition) is 1. The van der Waals surface area contributed by atoms with Gasteiger partial charge in [0.05, 0.1) is 36.3 Å². The predicted molar refractivity (Wildman–Crippen MR) is 133 cm³/mol. The Hall–Kier alpha value is -2.73. The molecular formula is C29H34O11. The number of fused-ring (bicyclic) bond motifs is 1. The van der Waals surface area contributed by atoms with Crippen molar-refractivity contribution >= 4 is 17.9 Å². The van der Waals surface area contributed by atoms with Gasteiger partial charge in [-0.05, 0) is 25.0 Å². The van der Waals surface area contributed by atoms with Crippen LogP contribution in [0.25, 0.3) is 0 Å². The van der Waals surface area contributed by atoms with E-state index in [1.54, 1.807) is 12.2 Å². The molecule has 216 valence electrons. The minimum Gasteiger partial charge on any atom is -0.495 e. The molecule has 5 fully saturated rings. The molecule has 1 N–H and O–H groups in total. The fourth-order valence-corrected chi connectivity index (χ4v) is 8.05. The molecular weight excluding hydrogens is 524 g/mol. The number of rotatable bonds is 1. The van der Waals surface area contributed by atoms with E-state index in [1.165, 1.54) is 13.0 Å². The van der Waals surface area contributed by atoms with Gasteiger partial charge < -0.3 is 38.3 Å². The number of esters is 3. The van der Waals surface area contributed by atoms with Crippen LogP contribution in [0.5, 0.6) is 0 Å². The van der Waals surface area contributed by atoms with Gasteiger partial charge in [0.1, 0.15) is 41.9 Å². The third kappa shape index (κ3) is 3.41. The molecule has 0 aromatic heterocycles. The van der Waals surface area contributed by atoms with Crippen LogP contribution in [-0.4, -0.2) is 90.7 Å². The molecule has 0 aromatic carbocycles. The minimum absolute atomic E-state index is 0.110. The first kappa shape index (κ1) is 26.2. The van der Waals surface area contributed by atoms with Gasteiger partial charge >= 0.3 is 17.9 Å². The number of carbonyl (C=O) groups excluding carboxylic acids is 3. The first-order valence-corrected chi connectivity index (χ1v) is 13.9. The number of allylic oxidation sites excluding steroid dienone is 2. The second kappa shape index (κ2) is 8.64. The number of epoxide rings is 2. The van der Waals surface area contributed by atoms with Crippen molar-refractivity contribution in [2.45, 2.75) is 94.3 Å². The second-order valence-corrected chi connectivity index (χ2v) is 12.3. The number of cyclic esters (lactones) is 1. The van der Waals surface area contributed by atoms with Crippen LogP contribution in [0, 0.1) is 10.8 Å². The summed E-state index contributed by atoms with van der Waals surface area (Å²) in [5, 5.41) is 11.0. The Bertz CT molecular complexity index is 1250. The molecule has 11 nitrogen and oxygen atoms in total. The lowest BCUT2D eigenvalue weighted by Crippen LogP contribution is -2.68. The van der Waals surface area contributed by atoms with E-state index in [0.29, 0.717) is 31.6 Å². The van der Waals surface area contributed by atoms with Crippen molar-refractivity contribution in [2.75, 3.05) is 19.8 Å². The van der Waals surface area contributed by atoms with E-state index in [2.05, 4.69) is 0 Å². The average Bonchev–Trinajstić information content (AvgIpc) is 3.81. The van der Waals surface area contributed by atoms with Gasteiger partial charge in [-0.25, -0.2) is 9.59 Å². The molecule has 7 rings (SSSR count). The van der Waals surface area contributed by atoms with Crippen LogP contribution in [0.15, 0.2) is 35.6 Å². The highest BCUT2D eigenvalue weighted by atomic mass is 16.7. The molecule has 0 amide bonds. The van der Waals surface area contributed by atoms with E-state index in [0.717, 1.165) is 5.57 Å². The highest BCUT2D eigenvalue weighted by Crippen LogP contribution is 2.72. The van der Waals surface area contributed by atoms with Gasteiger partial charge in [-0.3, -0.25) is 4.79 Å². The first-order chi connectivity index (χ1) is 19.1. The van der Waals surface area contributed by atoms with Crippen molar-refractivity contribution in [2.24, 2.45) is 10.8 Å². The summed E-state index contributed by atoms with van der Waals surface area (Å²) in [5.41, 5.74) is -2.81. The Morgan fingerprint density at radius 1 is 1.18 bits per heavy atom. The number of hydrogen-bond acceptors (Lipinski definition) is 11. The summed E-state index contributed by atoms with van der Waals surface area (Å²) >= 11 is 0. The fourth-order valence-electron chi connectivity index (χ4n) is 8.05. The van der Waals surface area contributed by atoms with Gasteiger partial charge in [0.25, 0.3) is 0 Å². The van der Waals surface area contributed by atoms with E-state index < -0.39 is 70.5 Å². The van der Waals surface area contributed by atoms with E-state index in [-0.39, 0.29) is 25.7 Å². The molecule has 7 aliphatic rings. The standard InChI is InChI=1S/C29H34O11/c1-15-10-20-27(12-18(15)37-16(2)30)13-35-25(33)24-28(40-24)8-9-34-17(23(28)32)6-4-5-7-22(31)39-19-11-21(38-20)29(14-36-29)26(19,27)3/h5-7,10,18-21,23-24,32H,4,8-9,11-14H2,1-3H3/b7-5-,17-6-/t18?,19?,20?,21-,23?,24?,26-,27?,28?,29?/m1/s1. The predicted octanol–water partition coefficient (Wildman–Crippen LogP) is 1.42. The van der Waals surface area contributed by atoms with E-state index in [1.807, 2.05) is 19.9 Å². The van der Waals surface area contributed by atoms with Crippen LogP contribution < -0.4 is 0 Å². The fraction of sp³-hybridized carbons (Fsp3) is 0.690. The monoisotopic (exact) mass is 558 g/mol. The van der Waals surface area contributed by atoms with Gasteiger partial charge in [0.2, 0.25) is 0 Å². The Balaban J connectivity index is 1.31. The van der Waals surface area contributed by atoms with Gasteiger partial charge in [-0.1, -0.05) is 19.1 Å². The van der Waals surface area contributed by atoms with E-state index in [9.17, 15) is 19.5 Å². The topological polar surface area (TPSA) is 143 Å². The molecule has 1 saturated carbocycles. The van der Waals surface area contributed by atoms with Crippen LogP contribution in [-0.2, 0) is 47.5 Å². The minimum atomic E-state index is -1.15. The van der Waals surface area contributed by atoms with Gasteiger partial charge in [0.15, 0.2) is 6.10 Å². The third-order valence-corrected chi connectivity index (χ3v) is 10.5. The maximum Gasteiger partial charge on any atom is 0.338 e. The Kier molecular flexibility index (Phi) is 5.66. The Morgan fingerprint density at radius 2 is 1.98 bits per heavy atom. The quantitative estimate of drug-likeness (QED) is 0.216. The zero-order valence-corrected chi connectivity index (χ0v) is 22.8. The highest BCUT2D eigenvalue weighted by molar-refractivity contribution is 5.82. The molecule has 10 atom stereocenters.